The van der Waals surface area contributed by atoms with Crippen molar-refractivity contribution in [2.45, 2.75) is 10.6 Å². The minimum Gasteiger partial charge on any atom is -0.398 e. The van der Waals surface area contributed by atoms with Gasteiger partial charge in [-0.3, -0.25) is 0 Å². The molecule has 0 aliphatic carbocycles. The van der Waals surface area contributed by atoms with Crippen LogP contribution in [-0.4, -0.2) is 0 Å². The van der Waals surface area contributed by atoms with Gasteiger partial charge in [-0.1, -0.05) is 23.7 Å². The first-order valence-electron chi connectivity index (χ1n) is 5.18. The molecule has 0 aliphatic heterocycles. The zero-order valence-electron chi connectivity index (χ0n) is 9.29. The lowest BCUT2D eigenvalue weighted by atomic mass is 10.2. The lowest BCUT2D eigenvalue weighted by Gasteiger charge is -2.07. The molecule has 5 heteroatoms. The SMILES string of the molecule is Nc1ccc(F)cc1SCc1cccc(Cl)c1F. The van der Waals surface area contributed by atoms with Crippen LogP contribution in [0, 0.1) is 11.6 Å². The highest BCUT2D eigenvalue weighted by Crippen LogP contribution is 2.30. The monoisotopic (exact) mass is 285 g/mol. The second-order valence-corrected chi connectivity index (χ2v) is 5.11. The molecule has 18 heavy (non-hydrogen) atoms. The van der Waals surface area contributed by atoms with E-state index in [1.54, 1.807) is 12.1 Å². The van der Waals surface area contributed by atoms with Crippen molar-refractivity contribution >= 4 is 29.1 Å². The normalized spacial score (nSPS) is 10.6. The molecule has 0 unspecified atom stereocenters. The molecule has 0 fully saturated rings. The van der Waals surface area contributed by atoms with E-state index in [0.717, 1.165) is 0 Å². The summed E-state index contributed by atoms with van der Waals surface area (Å²) in [5, 5.41) is 0.0836. The third-order valence-electron chi connectivity index (χ3n) is 2.39. The molecule has 0 saturated heterocycles. The summed E-state index contributed by atoms with van der Waals surface area (Å²) in [4.78, 5) is 0.592. The van der Waals surface area contributed by atoms with Crippen LogP contribution < -0.4 is 5.73 Å². The van der Waals surface area contributed by atoms with Crippen molar-refractivity contribution in [2.75, 3.05) is 5.73 Å². The van der Waals surface area contributed by atoms with Gasteiger partial charge >= 0.3 is 0 Å². The molecular weight excluding hydrogens is 276 g/mol. The molecule has 0 saturated carbocycles. The molecule has 0 amide bonds. The number of halogens is 3. The molecule has 0 heterocycles. The number of nitrogen functional groups attached to an aromatic ring is 1. The molecule has 94 valence electrons. The predicted octanol–water partition coefficient (Wildman–Crippen LogP) is 4.49. The van der Waals surface area contributed by atoms with Crippen molar-refractivity contribution < 1.29 is 8.78 Å². The van der Waals surface area contributed by atoms with Gasteiger partial charge in [0, 0.05) is 16.3 Å². The van der Waals surface area contributed by atoms with E-state index >= 15 is 0 Å². The Balaban J connectivity index is 2.16. The average Bonchev–Trinajstić information content (AvgIpc) is 2.35. The van der Waals surface area contributed by atoms with E-state index in [1.807, 2.05) is 0 Å². The van der Waals surface area contributed by atoms with Crippen molar-refractivity contribution in [3.8, 4) is 0 Å². The molecule has 0 aromatic heterocycles. The average molecular weight is 286 g/mol. The second-order valence-electron chi connectivity index (χ2n) is 3.68. The summed E-state index contributed by atoms with van der Waals surface area (Å²) >= 11 is 6.96. The third kappa shape index (κ3) is 2.94. The number of hydrogen-bond acceptors (Lipinski definition) is 2. The topological polar surface area (TPSA) is 26.0 Å². The van der Waals surface area contributed by atoms with Gasteiger partial charge in [0.1, 0.15) is 11.6 Å². The summed E-state index contributed by atoms with van der Waals surface area (Å²) in [6.45, 7) is 0. The molecule has 2 aromatic rings. The van der Waals surface area contributed by atoms with Crippen LogP contribution in [-0.2, 0) is 5.75 Å². The van der Waals surface area contributed by atoms with E-state index < -0.39 is 5.82 Å². The Morgan fingerprint density at radius 3 is 2.72 bits per heavy atom. The fourth-order valence-electron chi connectivity index (χ4n) is 1.45. The van der Waals surface area contributed by atoms with Crippen molar-refractivity contribution in [1.82, 2.24) is 0 Å². The first-order chi connectivity index (χ1) is 8.58. The maximum atomic E-state index is 13.6. The fourth-order valence-corrected chi connectivity index (χ4v) is 2.61. The molecule has 0 spiro atoms. The van der Waals surface area contributed by atoms with E-state index in [0.29, 0.717) is 21.9 Å². The highest BCUT2D eigenvalue weighted by Gasteiger charge is 2.08. The van der Waals surface area contributed by atoms with Crippen molar-refractivity contribution in [3.05, 3.63) is 58.6 Å². The first kappa shape index (κ1) is 13.2. The summed E-state index contributed by atoms with van der Waals surface area (Å²) in [5.41, 5.74) is 6.66. The number of benzene rings is 2. The maximum absolute atomic E-state index is 13.6. The Kier molecular flexibility index (Phi) is 4.09. The highest BCUT2D eigenvalue weighted by molar-refractivity contribution is 7.98. The van der Waals surface area contributed by atoms with Crippen LogP contribution in [0.5, 0.6) is 0 Å². The lowest BCUT2D eigenvalue weighted by Crippen LogP contribution is -1.92. The minimum atomic E-state index is -0.443. The van der Waals surface area contributed by atoms with E-state index in [2.05, 4.69) is 0 Å². The summed E-state index contributed by atoms with van der Waals surface area (Å²) in [7, 11) is 0. The third-order valence-corrected chi connectivity index (χ3v) is 3.80. The van der Waals surface area contributed by atoms with Gasteiger partial charge in [0.2, 0.25) is 0 Å². The highest BCUT2D eigenvalue weighted by atomic mass is 35.5. The molecular formula is C13H10ClF2NS. The van der Waals surface area contributed by atoms with Gasteiger partial charge in [-0.2, -0.15) is 0 Å². The number of hydrogen-bond donors (Lipinski definition) is 1. The van der Waals surface area contributed by atoms with Crippen molar-refractivity contribution in [1.29, 1.82) is 0 Å². The van der Waals surface area contributed by atoms with Crippen LogP contribution >= 0.6 is 23.4 Å². The van der Waals surface area contributed by atoms with E-state index in [4.69, 9.17) is 17.3 Å². The fraction of sp³-hybridized carbons (Fsp3) is 0.0769. The van der Waals surface area contributed by atoms with Crippen LogP contribution in [0.3, 0.4) is 0 Å². The van der Waals surface area contributed by atoms with Gasteiger partial charge in [0.05, 0.1) is 5.02 Å². The van der Waals surface area contributed by atoms with E-state index in [-0.39, 0.29) is 10.8 Å². The Morgan fingerprint density at radius 1 is 1.17 bits per heavy atom. The predicted molar refractivity (Wildman–Crippen MR) is 71.8 cm³/mol. The molecule has 0 bridgehead atoms. The van der Waals surface area contributed by atoms with Gasteiger partial charge < -0.3 is 5.73 Å². The first-order valence-corrected chi connectivity index (χ1v) is 6.55. The molecule has 0 radical (unpaired) electrons. The quantitative estimate of drug-likeness (QED) is 0.664. The number of anilines is 1. The lowest BCUT2D eigenvalue weighted by molar-refractivity contribution is 0.617. The molecule has 0 atom stereocenters. The Labute approximate surface area is 113 Å². The number of nitrogens with two attached hydrogens (primary N) is 1. The summed E-state index contributed by atoms with van der Waals surface area (Å²) in [6, 6.07) is 8.93. The molecule has 2 aromatic carbocycles. The molecule has 2 rings (SSSR count). The van der Waals surface area contributed by atoms with Gasteiger partial charge in [-0.25, -0.2) is 8.78 Å². The van der Waals surface area contributed by atoms with Crippen LogP contribution in [0.1, 0.15) is 5.56 Å². The minimum absolute atomic E-state index is 0.0836. The molecule has 0 aliphatic rings. The number of thioether (sulfide) groups is 1. The smallest absolute Gasteiger partial charge is 0.145 e. The largest absolute Gasteiger partial charge is 0.398 e. The van der Waals surface area contributed by atoms with Crippen LogP contribution in [0.2, 0.25) is 5.02 Å². The van der Waals surface area contributed by atoms with Gasteiger partial charge in [-0.15, -0.1) is 11.8 Å². The summed E-state index contributed by atoms with van der Waals surface area (Å²) < 4.78 is 26.7. The zero-order chi connectivity index (χ0) is 13.1. The van der Waals surface area contributed by atoms with Crippen LogP contribution in [0.15, 0.2) is 41.3 Å². The Morgan fingerprint density at radius 2 is 1.94 bits per heavy atom. The van der Waals surface area contributed by atoms with Crippen molar-refractivity contribution in [2.24, 2.45) is 0 Å². The van der Waals surface area contributed by atoms with Gasteiger partial charge in [0.15, 0.2) is 0 Å². The summed E-state index contributed by atoms with van der Waals surface area (Å²) in [5.74, 6) is -0.458. The Bertz CT molecular complexity index is 573. The van der Waals surface area contributed by atoms with Gasteiger partial charge in [-0.05, 0) is 29.8 Å². The second kappa shape index (κ2) is 5.59. The van der Waals surface area contributed by atoms with E-state index in [1.165, 1.54) is 36.0 Å². The van der Waals surface area contributed by atoms with Crippen LogP contribution in [0.25, 0.3) is 0 Å². The maximum Gasteiger partial charge on any atom is 0.145 e. The van der Waals surface area contributed by atoms with Gasteiger partial charge in [0.25, 0.3) is 0 Å². The standard InChI is InChI=1S/C13H10ClF2NS/c14-10-3-1-2-8(13(10)16)7-18-12-6-9(15)4-5-11(12)17/h1-6H,7,17H2. The van der Waals surface area contributed by atoms with E-state index in [9.17, 15) is 8.78 Å². The number of rotatable bonds is 3. The zero-order valence-corrected chi connectivity index (χ0v) is 10.9. The molecule has 1 nitrogen and oxygen atoms in total. The molecule has 2 N–H and O–H groups in total. The van der Waals surface area contributed by atoms with Crippen LogP contribution in [0.4, 0.5) is 14.5 Å². The van der Waals surface area contributed by atoms with Crippen molar-refractivity contribution in [3.63, 3.8) is 0 Å². The Hall–Kier alpha value is -1.26. The summed E-state index contributed by atoms with van der Waals surface area (Å²) in [6.07, 6.45) is 0.